The molecular formula is C12H18N2O3S. The molecule has 1 aliphatic carbocycles. The van der Waals surface area contributed by atoms with Crippen molar-refractivity contribution in [1.29, 1.82) is 5.26 Å². The Morgan fingerprint density at radius 2 is 2.11 bits per heavy atom. The summed E-state index contributed by atoms with van der Waals surface area (Å²) >= 11 is 1.30. The van der Waals surface area contributed by atoms with Crippen LogP contribution in [0.5, 0.6) is 0 Å². The Hall–Kier alpha value is -1.22. The molecule has 100 valence electrons. The maximum absolute atomic E-state index is 11.7. The van der Waals surface area contributed by atoms with Crippen LogP contribution in [-0.4, -0.2) is 33.5 Å². The Kier molecular flexibility index (Phi) is 5.48. The first-order valence-corrected chi connectivity index (χ1v) is 7.08. The third-order valence-corrected chi connectivity index (χ3v) is 4.18. The van der Waals surface area contributed by atoms with Gasteiger partial charge in [0, 0.05) is 5.25 Å². The largest absolute Gasteiger partial charge is 0.481 e. The standard InChI is InChI=1S/C12H18N2O3S/c1-9(6-11(16)17)18-7-10(15)14-12(8-13)4-2-3-5-12/h9H,2-7H2,1H3,(H,14,15)(H,16,17). The summed E-state index contributed by atoms with van der Waals surface area (Å²) < 4.78 is 0. The molecule has 0 saturated heterocycles. The van der Waals surface area contributed by atoms with Gasteiger partial charge < -0.3 is 10.4 Å². The Bertz CT molecular complexity index is 359. The minimum Gasteiger partial charge on any atom is -0.481 e. The van der Waals surface area contributed by atoms with Crippen LogP contribution in [0.3, 0.4) is 0 Å². The normalized spacial score (nSPS) is 18.9. The van der Waals surface area contributed by atoms with Crippen molar-refractivity contribution in [3.63, 3.8) is 0 Å². The van der Waals surface area contributed by atoms with Crippen molar-refractivity contribution >= 4 is 23.6 Å². The maximum Gasteiger partial charge on any atom is 0.304 e. The smallest absolute Gasteiger partial charge is 0.304 e. The van der Waals surface area contributed by atoms with E-state index in [1.807, 2.05) is 0 Å². The topological polar surface area (TPSA) is 90.2 Å². The number of carbonyl (C=O) groups is 2. The predicted octanol–water partition coefficient (Wildman–Crippen LogP) is 1.54. The van der Waals surface area contributed by atoms with E-state index in [9.17, 15) is 9.59 Å². The highest BCUT2D eigenvalue weighted by Crippen LogP contribution is 2.29. The van der Waals surface area contributed by atoms with E-state index in [2.05, 4.69) is 11.4 Å². The fourth-order valence-corrected chi connectivity index (χ4v) is 2.84. The minimum atomic E-state index is -0.861. The molecule has 0 bridgehead atoms. The lowest BCUT2D eigenvalue weighted by atomic mass is 10.0. The van der Waals surface area contributed by atoms with Crippen molar-refractivity contribution in [1.82, 2.24) is 5.32 Å². The van der Waals surface area contributed by atoms with Crippen LogP contribution in [0.25, 0.3) is 0 Å². The van der Waals surface area contributed by atoms with Crippen molar-refractivity contribution < 1.29 is 14.7 Å². The molecule has 0 aromatic rings. The number of carboxylic acids is 1. The third kappa shape index (κ3) is 4.57. The number of carboxylic acid groups (broad SMARTS) is 1. The number of nitrogens with zero attached hydrogens (tertiary/aromatic N) is 1. The highest BCUT2D eigenvalue weighted by atomic mass is 32.2. The van der Waals surface area contributed by atoms with Crippen LogP contribution >= 0.6 is 11.8 Å². The van der Waals surface area contributed by atoms with E-state index in [1.54, 1.807) is 6.92 Å². The van der Waals surface area contributed by atoms with E-state index >= 15 is 0 Å². The fraction of sp³-hybridized carbons (Fsp3) is 0.750. The molecule has 1 amide bonds. The second-order valence-electron chi connectivity index (χ2n) is 4.67. The van der Waals surface area contributed by atoms with Crippen molar-refractivity contribution in [2.75, 3.05) is 5.75 Å². The summed E-state index contributed by atoms with van der Waals surface area (Å²) in [6, 6.07) is 2.19. The van der Waals surface area contributed by atoms with Crippen LogP contribution in [0, 0.1) is 11.3 Å². The van der Waals surface area contributed by atoms with Crippen LogP contribution in [-0.2, 0) is 9.59 Å². The van der Waals surface area contributed by atoms with E-state index in [-0.39, 0.29) is 23.3 Å². The molecule has 1 atom stereocenters. The van der Waals surface area contributed by atoms with E-state index < -0.39 is 11.5 Å². The van der Waals surface area contributed by atoms with Gasteiger partial charge in [0.2, 0.25) is 5.91 Å². The monoisotopic (exact) mass is 270 g/mol. The molecule has 5 nitrogen and oxygen atoms in total. The summed E-state index contributed by atoms with van der Waals surface area (Å²) in [5.41, 5.74) is -0.687. The lowest BCUT2D eigenvalue weighted by molar-refractivity contribution is -0.136. The van der Waals surface area contributed by atoms with Crippen molar-refractivity contribution in [3.05, 3.63) is 0 Å². The first kappa shape index (κ1) is 14.8. The number of nitrogens with one attached hydrogen (secondary N) is 1. The quantitative estimate of drug-likeness (QED) is 0.764. The maximum atomic E-state index is 11.7. The SMILES string of the molecule is CC(CC(=O)O)SCC(=O)NC1(C#N)CCCC1. The lowest BCUT2D eigenvalue weighted by Crippen LogP contribution is -2.46. The van der Waals surface area contributed by atoms with Crippen LogP contribution in [0.4, 0.5) is 0 Å². The molecule has 1 aliphatic rings. The zero-order chi connectivity index (χ0) is 13.6. The molecule has 0 aromatic carbocycles. The van der Waals surface area contributed by atoms with E-state index in [0.29, 0.717) is 12.8 Å². The highest BCUT2D eigenvalue weighted by molar-refractivity contribution is 8.00. The molecule has 1 fully saturated rings. The van der Waals surface area contributed by atoms with Gasteiger partial charge in [-0.25, -0.2) is 0 Å². The second-order valence-corrected chi connectivity index (χ2v) is 6.10. The Morgan fingerprint density at radius 1 is 1.50 bits per heavy atom. The molecule has 0 spiro atoms. The summed E-state index contributed by atoms with van der Waals surface area (Å²) in [6.45, 7) is 1.78. The molecule has 0 aliphatic heterocycles. The van der Waals surface area contributed by atoms with E-state index in [4.69, 9.17) is 10.4 Å². The molecule has 18 heavy (non-hydrogen) atoms. The fourth-order valence-electron chi connectivity index (χ4n) is 2.07. The van der Waals surface area contributed by atoms with Gasteiger partial charge in [0.1, 0.15) is 5.54 Å². The number of amides is 1. The zero-order valence-corrected chi connectivity index (χ0v) is 11.3. The Balaban J connectivity index is 2.33. The Morgan fingerprint density at radius 3 is 2.61 bits per heavy atom. The summed E-state index contributed by atoms with van der Waals surface area (Å²) in [7, 11) is 0. The van der Waals surface area contributed by atoms with Crippen LogP contribution in [0.15, 0.2) is 0 Å². The average molecular weight is 270 g/mol. The number of hydrogen-bond donors (Lipinski definition) is 2. The third-order valence-electron chi connectivity index (χ3n) is 3.01. The molecule has 0 radical (unpaired) electrons. The first-order valence-electron chi connectivity index (χ1n) is 6.03. The van der Waals surface area contributed by atoms with Gasteiger partial charge in [-0.1, -0.05) is 6.92 Å². The van der Waals surface area contributed by atoms with Crippen LogP contribution in [0.1, 0.15) is 39.0 Å². The molecule has 1 unspecified atom stereocenters. The van der Waals surface area contributed by atoms with Gasteiger partial charge in [-0.15, -0.1) is 11.8 Å². The highest BCUT2D eigenvalue weighted by Gasteiger charge is 2.35. The van der Waals surface area contributed by atoms with Gasteiger partial charge in [0.25, 0.3) is 0 Å². The number of carbonyl (C=O) groups excluding carboxylic acids is 1. The molecule has 6 heteroatoms. The number of aliphatic carboxylic acids is 1. The first-order chi connectivity index (χ1) is 8.47. The molecule has 2 N–H and O–H groups in total. The summed E-state index contributed by atoms with van der Waals surface area (Å²) in [5.74, 6) is -0.835. The summed E-state index contributed by atoms with van der Waals surface area (Å²) in [4.78, 5) is 22.2. The molecule has 0 aromatic heterocycles. The van der Waals surface area contributed by atoms with Crippen LogP contribution in [0.2, 0.25) is 0 Å². The molecule has 1 saturated carbocycles. The number of hydrogen-bond acceptors (Lipinski definition) is 4. The van der Waals surface area contributed by atoms with Crippen molar-refractivity contribution in [2.45, 2.75) is 49.8 Å². The lowest BCUT2D eigenvalue weighted by Gasteiger charge is -2.22. The predicted molar refractivity (Wildman–Crippen MR) is 69.1 cm³/mol. The number of rotatable bonds is 6. The van der Waals surface area contributed by atoms with Crippen molar-refractivity contribution in [3.8, 4) is 6.07 Å². The van der Waals surface area contributed by atoms with Gasteiger partial charge in [-0.3, -0.25) is 9.59 Å². The summed E-state index contributed by atoms with van der Waals surface area (Å²) in [6.07, 6.45) is 3.41. The summed E-state index contributed by atoms with van der Waals surface area (Å²) in [5, 5.41) is 20.4. The van der Waals surface area contributed by atoms with E-state index in [0.717, 1.165) is 12.8 Å². The molecular weight excluding hydrogens is 252 g/mol. The van der Waals surface area contributed by atoms with Gasteiger partial charge in [-0.2, -0.15) is 5.26 Å². The van der Waals surface area contributed by atoms with Gasteiger partial charge in [-0.05, 0) is 25.7 Å². The molecule has 0 heterocycles. The number of thioether (sulfide) groups is 1. The zero-order valence-electron chi connectivity index (χ0n) is 10.4. The van der Waals surface area contributed by atoms with Crippen molar-refractivity contribution in [2.24, 2.45) is 0 Å². The average Bonchev–Trinajstić information content (AvgIpc) is 2.75. The molecule has 1 rings (SSSR count). The van der Waals surface area contributed by atoms with E-state index in [1.165, 1.54) is 11.8 Å². The van der Waals surface area contributed by atoms with Crippen LogP contribution < -0.4 is 5.32 Å². The number of nitriles is 1. The van der Waals surface area contributed by atoms with Gasteiger partial charge in [0.05, 0.1) is 18.2 Å². The van der Waals surface area contributed by atoms with Gasteiger partial charge in [0.15, 0.2) is 0 Å². The second kappa shape index (κ2) is 6.64. The Labute approximate surface area is 111 Å². The minimum absolute atomic E-state index is 0.0430. The van der Waals surface area contributed by atoms with Gasteiger partial charge >= 0.3 is 5.97 Å².